The quantitative estimate of drug-likeness (QED) is 0.553. The molecule has 2 heterocycles. The molecule has 0 bridgehead atoms. The van der Waals surface area contributed by atoms with Crippen molar-refractivity contribution in [3.05, 3.63) is 40.6 Å². The van der Waals surface area contributed by atoms with Gasteiger partial charge in [0.15, 0.2) is 0 Å². The summed E-state index contributed by atoms with van der Waals surface area (Å²) in [5, 5.41) is 2.54. The van der Waals surface area contributed by atoms with Crippen molar-refractivity contribution >= 4 is 23.4 Å². The fourth-order valence-corrected chi connectivity index (χ4v) is 4.14. The van der Waals surface area contributed by atoms with Crippen LogP contribution in [-0.4, -0.2) is 80.5 Å². The number of rotatable bonds is 7. The number of hydrogen-bond donors (Lipinski definition) is 2. The third kappa shape index (κ3) is 7.78. The summed E-state index contributed by atoms with van der Waals surface area (Å²) in [6.07, 6.45) is -2.33. The predicted molar refractivity (Wildman–Crippen MR) is 119 cm³/mol. The van der Waals surface area contributed by atoms with Gasteiger partial charge in [0.2, 0.25) is 5.91 Å². The highest BCUT2D eigenvalue weighted by Gasteiger charge is 2.32. The first-order valence-corrected chi connectivity index (χ1v) is 11.4. The van der Waals surface area contributed by atoms with Crippen LogP contribution in [0, 0.1) is 5.92 Å². The number of hydrogen-bond acceptors (Lipinski definition) is 6. The maximum Gasteiger partial charge on any atom is 0.573 e. The Kier molecular flexibility index (Phi) is 9.03. The van der Waals surface area contributed by atoms with E-state index in [0.29, 0.717) is 51.4 Å². The van der Waals surface area contributed by atoms with E-state index in [1.165, 1.54) is 12.1 Å². The molecule has 0 unspecified atom stereocenters. The van der Waals surface area contributed by atoms with Gasteiger partial charge in [0.1, 0.15) is 5.75 Å². The number of alkyl halides is 3. The average Bonchev–Trinajstić information content (AvgIpc) is 2.80. The summed E-state index contributed by atoms with van der Waals surface area (Å²) in [4.78, 5) is 28.7. The van der Waals surface area contributed by atoms with Gasteiger partial charge in [-0.25, -0.2) is 0 Å². The maximum absolute atomic E-state index is 12.7. The smallest absolute Gasteiger partial charge is 0.404 e. The zero-order chi connectivity index (χ0) is 24.7. The molecule has 1 aromatic carbocycles. The van der Waals surface area contributed by atoms with Crippen LogP contribution in [0.2, 0.25) is 5.02 Å². The average molecular weight is 505 g/mol. The highest BCUT2D eigenvalue weighted by molar-refractivity contribution is 6.32. The molecule has 0 aliphatic carbocycles. The molecule has 3 N–H and O–H groups in total. The minimum absolute atomic E-state index is 0.0415. The second-order valence-electron chi connectivity index (χ2n) is 8.15. The lowest BCUT2D eigenvalue weighted by Gasteiger charge is -2.32. The Labute approximate surface area is 200 Å². The van der Waals surface area contributed by atoms with Crippen molar-refractivity contribution < 1.29 is 32.2 Å². The normalized spacial score (nSPS) is 18.6. The van der Waals surface area contributed by atoms with E-state index in [-0.39, 0.29) is 28.3 Å². The molecule has 2 fully saturated rings. The maximum atomic E-state index is 12.7. The van der Waals surface area contributed by atoms with Gasteiger partial charge in [-0.05, 0) is 31.0 Å². The number of nitrogens with two attached hydrogens (primary N) is 1. The monoisotopic (exact) mass is 504 g/mol. The minimum atomic E-state index is -4.87. The number of carbonyl (C=O) groups is 2. The van der Waals surface area contributed by atoms with Crippen LogP contribution in [0.3, 0.4) is 0 Å². The highest BCUT2D eigenvalue weighted by Crippen LogP contribution is 2.31. The third-order valence-electron chi connectivity index (χ3n) is 5.79. The fourth-order valence-electron chi connectivity index (χ4n) is 3.92. The Morgan fingerprint density at radius 1 is 1.21 bits per heavy atom. The summed E-state index contributed by atoms with van der Waals surface area (Å²) < 4.78 is 46.3. The summed E-state index contributed by atoms with van der Waals surface area (Å²) >= 11 is 5.85. The molecule has 0 atom stereocenters. The molecule has 2 aliphatic heterocycles. The summed E-state index contributed by atoms with van der Waals surface area (Å²) in [7, 11) is 0. The standard InChI is InChI=1S/C22H28ClF3N4O4/c23-17-13-16(1-2-19(17)34-22(24,25)26)21(32)30-6-3-15(4-7-30)18(27)14-20(31)28-5-8-29-9-11-33-12-10-29/h1-2,13-15H,3-12,27H2,(H,28,31)/b18-14-. The van der Waals surface area contributed by atoms with Crippen molar-refractivity contribution in [1.29, 1.82) is 0 Å². The van der Waals surface area contributed by atoms with Crippen LogP contribution in [0.5, 0.6) is 5.75 Å². The van der Waals surface area contributed by atoms with E-state index < -0.39 is 12.1 Å². The fraction of sp³-hybridized carbons (Fsp3) is 0.545. The van der Waals surface area contributed by atoms with Gasteiger partial charge < -0.3 is 25.4 Å². The molecule has 0 aromatic heterocycles. The summed E-state index contributed by atoms with van der Waals surface area (Å²) in [6.45, 7) is 5.16. The van der Waals surface area contributed by atoms with Crippen molar-refractivity contribution in [2.75, 3.05) is 52.5 Å². The van der Waals surface area contributed by atoms with Crippen LogP contribution in [0.4, 0.5) is 13.2 Å². The Bertz CT molecular complexity index is 899. The molecule has 2 aliphatic rings. The Balaban J connectivity index is 1.45. The second-order valence-corrected chi connectivity index (χ2v) is 8.56. The highest BCUT2D eigenvalue weighted by atomic mass is 35.5. The van der Waals surface area contributed by atoms with E-state index >= 15 is 0 Å². The zero-order valence-corrected chi connectivity index (χ0v) is 19.3. The lowest BCUT2D eigenvalue weighted by Crippen LogP contribution is -2.41. The number of nitrogens with zero attached hydrogens (tertiary/aromatic N) is 2. The molecule has 8 nitrogen and oxygen atoms in total. The summed E-state index contributed by atoms with van der Waals surface area (Å²) in [6, 6.07) is 3.43. The molecular formula is C22H28ClF3N4O4. The van der Waals surface area contributed by atoms with Crippen LogP contribution in [0.1, 0.15) is 23.2 Å². The number of piperidine rings is 1. The molecule has 2 amide bonds. The lowest BCUT2D eigenvalue weighted by molar-refractivity contribution is -0.274. The van der Waals surface area contributed by atoms with Gasteiger partial charge in [-0.3, -0.25) is 14.5 Å². The van der Waals surface area contributed by atoms with E-state index in [4.69, 9.17) is 22.1 Å². The Morgan fingerprint density at radius 3 is 2.50 bits per heavy atom. The van der Waals surface area contributed by atoms with E-state index in [1.54, 1.807) is 4.90 Å². The van der Waals surface area contributed by atoms with E-state index in [2.05, 4.69) is 15.0 Å². The first-order valence-electron chi connectivity index (χ1n) is 11.0. The molecule has 34 heavy (non-hydrogen) atoms. The number of likely N-dealkylation sites (tertiary alicyclic amines) is 1. The van der Waals surface area contributed by atoms with Gasteiger partial charge in [-0.1, -0.05) is 11.6 Å². The number of ether oxygens (including phenoxy) is 2. The number of morpholine rings is 1. The largest absolute Gasteiger partial charge is 0.573 e. The van der Waals surface area contributed by atoms with Gasteiger partial charge >= 0.3 is 6.36 Å². The number of benzene rings is 1. The zero-order valence-electron chi connectivity index (χ0n) is 18.6. The Hall–Kier alpha value is -2.50. The number of carbonyl (C=O) groups excluding carboxylic acids is 2. The third-order valence-corrected chi connectivity index (χ3v) is 6.08. The van der Waals surface area contributed by atoms with E-state index in [9.17, 15) is 22.8 Å². The van der Waals surface area contributed by atoms with Crippen LogP contribution in [-0.2, 0) is 9.53 Å². The Morgan fingerprint density at radius 2 is 1.88 bits per heavy atom. The minimum Gasteiger partial charge on any atom is -0.404 e. The molecule has 12 heteroatoms. The van der Waals surface area contributed by atoms with Crippen molar-refractivity contribution in [3.8, 4) is 5.75 Å². The van der Waals surface area contributed by atoms with Crippen molar-refractivity contribution in [1.82, 2.24) is 15.1 Å². The van der Waals surface area contributed by atoms with Crippen LogP contribution >= 0.6 is 11.6 Å². The van der Waals surface area contributed by atoms with Crippen molar-refractivity contribution in [2.45, 2.75) is 19.2 Å². The second kappa shape index (κ2) is 11.8. The summed E-state index contributed by atoms with van der Waals surface area (Å²) in [5.74, 6) is -1.20. The lowest BCUT2D eigenvalue weighted by atomic mass is 9.93. The van der Waals surface area contributed by atoms with Crippen LogP contribution in [0.15, 0.2) is 30.0 Å². The number of nitrogens with one attached hydrogen (secondary N) is 1. The van der Waals surface area contributed by atoms with Gasteiger partial charge in [-0.2, -0.15) is 0 Å². The topological polar surface area (TPSA) is 97.1 Å². The van der Waals surface area contributed by atoms with E-state index in [1.807, 2.05) is 0 Å². The van der Waals surface area contributed by atoms with Gasteiger partial charge in [-0.15, -0.1) is 13.2 Å². The molecule has 0 radical (unpaired) electrons. The van der Waals surface area contributed by atoms with Crippen LogP contribution in [0.25, 0.3) is 0 Å². The first-order chi connectivity index (χ1) is 16.1. The van der Waals surface area contributed by atoms with Crippen LogP contribution < -0.4 is 15.8 Å². The van der Waals surface area contributed by atoms with E-state index in [0.717, 1.165) is 31.8 Å². The predicted octanol–water partition coefficient (Wildman–Crippen LogP) is 2.38. The number of allylic oxidation sites excluding steroid dienone is 1. The summed E-state index contributed by atoms with van der Waals surface area (Å²) in [5.41, 5.74) is 6.76. The molecule has 188 valence electrons. The number of amides is 2. The number of halogens is 4. The molecule has 2 saturated heterocycles. The van der Waals surface area contributed by atoms with Gasteiger partial charge in [0.25, 0.3) is 5.91 Å². The molecular weight excluding hydrogens is 477 g/mol. The molecule has 1 aromatic rings. The molecule has 0 saturated carbocycles. The molecule has 3 rings (SSSR count). The van der Waals surface area contributed by atoms with Gasteiger partial charge in [0, 0.05) is 62.5 Å². The van der Waals surface area contributed by atoms with Gasteiger partial charge in [0.05, 0.1) is 18.2 Å². The SMILES string of the molecule is N/C(=C\C(=O)NCCN1CCOCC1)C1CCN(C(=O)c2ccc(OC(F)(F)F)c(Cl)c2)CC1. The first kappa shape index (κ1) is 26.1. The van der Waals surface area contributed by atoms with Crippen molar-refractivity contribution in [2.24, 2.45) is 11.7 Å². The van der Waals surface area contributed by atoms with Crippen molar-refractivity contribution in [3.63, 3.8) is 0 Å². The molecule has 0 spiro atoms.